The SMILES string of the molecule is O=P([O-])([O-])OCCNS(=O)(=O)c1ccc(OC(F)(F)F)cc1.[Na+].[Na+]. The Morgan fingerprint density at radius 1 is 1.12 bits per heavy atom. The molecule has 0 radical (unpaired) electrons. The number of alkyl halides is 3. The molecule has 1 rings (SSSR count). The summed E-state index contributed by atoms with van der Waals surface area (Å²) in [5.74, 6) is -0.603. The third-order valence-electron chi connectivity index (χ3n) is 2.01. The van der Waals surface area contributed by atoms with Crippen LogP contribution >= 0.6 is 7.82 Å². The molecule has 0 aliphatic carbocycles. The number of rotatable bonds is 7. The van der Waals surface area contributed by atoms with Crippen LogP contribution in [0.2, 0.25) is 0 Å². The molecule has 0 saturated heterocycles. The summed E-state index contributed by atoms with van der Waals surface area (Å²) in [6, 6.07) is 3.30. The van der Waals surface area contributed by atoms with Crippen molar-refractivity contribution in [2.75, 3.05) is 13.2 Å². The van der Waals surface area contributed by atoms with Crippen molar-refractivity contribution in [1.29, 1.82) is 0 Å². The van der Waals surface area contributed by atoms with Gasteiger partial charge in [0.1, 0.15) is 5.75 Å². The number of phosphoric acid groups is 1. The molecule has 1 aromatic carbocycles. The standard InChI is InChI=1S/C9H11F3NO7PS.2Na/c10-9(11,12)20-7-1-3-8(4-2-7)22(17,18)13-5-6-19-21(14,15)16;;/h1-4,13H,5-6H2,(H2,14,15,16);;/q;2*+1/p-2. The zero-order chi connectivity index (χ0) is 17.0. The van der Waals surface area contributed by atoms with E-state index in [0.717, 1.165) is 24.3 Å². The van der Waals surface area contributed by atoms with E-state index >= 15 is 0 Å². The van der Waals surface area contributed by atoms with Crippen molar-refractivity contribution in [1.82, 2.24) is 4.72 Å². The van der Waals surface area contributed by atoms with Gasteiger partial charge in [-0.15, -0.1) is 13.2 Å². The minimum atomic E-state index is -5.20. The maximum absolute atomic E-state index is 11.9. The first-order valence-electron chi connectivity index (χ1n) is 5.41. The normalized spacial score (nSPS) is 12.0. The fourth-order valence-electron chi connectivity index (χ4n) is 1.24. The Balaban J connectivity index is 0. The molecule has 0 aromatic heterocycles. The van der Waals surface area contributed by atoms with Crippen LogP contribution in [0.1, 0.15) is 0 Å². The summed E-state index contributed by atoms with van der Waals surface area (Å²) in [6.45, 7) is -1.23. The van der Waals surface area contributed by atoms with Gasteiger partial charge in [0.05, 0.1) is 19.3 Å². The molecule has 0 saturated carbocycles. The van der Waals surface area contributed by atoms with E-state index in [4.69, 9.17) is 0 Å². The fraction of sp³-hybridized carbons (Fsp3) is 0.333. The van der Waals surface area contributed by atoms with Crippen LogP contribution in [0.15, 0.2) is 29.2 Å². The summed E-state index contributed by atoms with van der Waals surface area (Å²) in [6.07, 6.45) is -4.90. The molecule has 8 nitrogen and oxygen atoms in total. The number of ether oxygens (including phenoxy) is 1. The number of halogens is 3. The van der Waals surface area contributed by atoms with Gasteiger partial charge in [-0.1, -0.05) is 0 Å². The third-order valence-corrected chi connectivity index (χ3v) is 3.99. The van der Waals surface area contributed by atoms with Crippen molar-refractivity contribution in [3.8, 4) is 5.75 Å². The van der Waals surface area contributed by atoms with Crippen molar-refractivity contribution in [3.63, 3.8) is 0 Å². The Hall–Kier alpha value is 0.830. The quantitative estimate of drug-likeness (QED) is 0.270. The van der Waals surface area contributed by atoms with E-state index in [-0.39, 0.29) is 64.0 Å². The van der Waals surface area contributed by atoms with E-state index in [0.29, 0.717) is 0 Å². The van der Waals surface area contributed by atoms with Gasteiger partial charge < -0.3 is 23.6 Å². The van der Waals surface area contributed by atoms with Crippen molar-refractivity contribution in [2.45, 2.75) is 11.3 Å². The molecule has 1 aromatic rings. The molecule has 15 heteroatoms. The maximum Gasteiger partial charge on any atom is 1.00 e. The van der Waals surface area contributed by atoms with Crippen LogP contribution in [0.4, 0.5) is 13.2 Å². The number of nitrogens with one attached hydrogen (secondary N) is 1. The van der Waals surface area contributed by atoms with Crippen molar-refractivity contribution < 1.29 is 104 Å². The van der Waals surface area contributed by atoms with Crippen molar-refractivity contribution in [2.24, 2.45) is 0 Å². The van der Waals surface area contributed by atoms with Gasteiger partial charge in [-0.2, -0.15) is 0 Å². The van der Waals surface area contributed by atoms with Gasteiger partial charge in [0.2, 0.25) is 10.0 Å². The average molecular weight is 409 g/mol. The molecule has 0 heterocycles. The Bertz CT molecular complexity index is 650. The second-order valence-electron chi connectivity index (χ2n) is 3.70. The van der Waals surface area contributed by atoms with E-state index in [1.807, 2.05) is 4.72 Å². The first-order chi connectivity index (χ1) is 9.89. The molecule has 0 atom stereocenters. The predicted octanol–water partition coefficient (Wildman–Crippen LogP) is -6.28. The van der Waals surface area contributed by atoms with Crippen LogP contribution in [0, 0.1) is 0 Å². The molecule has 1 N–H and O–H groups in total. The zero-order valence-corrected chi connectivity index (χ0v) is 18.3. The molecular formula is C9H9F3NNa2O7PS. The number of hydrogen-bond acceptors (Lipinski definition) is 7. The minimum absolute atomic E-state index is 0. The second-order valence-corrected chi connectivity index (χ2v) is 6.62. The molecule has 0 unspecified atom stereocenters. The predicted molar refractivity (Wildman–Crippen MR) is 61.9 cm³/mol. The van der Waals surface area contributed by atoms with E-state index in [9.17, 15) is 35.9 Å². The van der Waals surface area contributed by atoms with Gasteiger partial charge in [-0.05, 0) is 24.3 Å². The molecule has 0 aliphatic heterocycles. The molecule has 126 valence electrons. The Morgan fingerprint density at radius 3 is 2.04 bits per heavy atom. The summed E-state index contributed by atoms with van der Waals surface area (Å²) in [5.41, 5.74) is 0. The van der Waals surface area contributed by atoms with Crippen LogP contribution in [-0.2, 0) is 19.1 Å². The minimum Gasteiger partial charge on any atom is -0.790 e. The fourth-order valence-corrected chi connectivity index (χ4v) is 2.57. The molecular weight excluding hydrogens is 400 g/mol. The molecule has 0 aliphatic rings. The number of sulfonamides is 1. The zero-order valence-electron chi connectivity index (χ0n) is 12.6. The van der Waals surface area contributed by atoms with Crippen molar-refractivity contribution >= 4 is 17.8 Å². The number of phosphoric ester groups is 1. The second kappa shape index (κ2) is 10.9. The maximum atomic E-state index is 11.9. The smallest absolute Gasteiger partial charge is 0.790 e. The van der Waals surface area contributed by atoms with E-state index in [1.165, 1.54) is 0 Å². The monoisotopic (exact) mass is 409 g/mol. The molecule has 0 amide bonds. The summed E-state index contributed by atoms with van der Waals surface area (Å²) in [5, 5.41) is 0. The molecule has 24 heavy (non-hydrogen) atoms. The number of benzene rings is 1. The van der Waals surface area contributed by atoms with Crippen LogP contribution in [0.5, 0.6) is 5.75 Å². The Morgan fingerprint density at radius 2 is 1.62 bits per heavy atom. The van der Waals surface area contributed by atoms with Gasteiger partial charge in [0.15, 0.2) is 0 Å². The summed E-state index contributed by atoms with van der Waals surface area (Å²) in [7, 11) is -9.30. The first kappa shape index (κ1) is 27.1. The van der Waals surface area contributed by atoms with Gasteiger partial charge in [0.25, 0.3) is 0 Å². The van der Waals surface area contributed by atoms with Gasteiger partial charge in [-0.3, -0.25) is 0 Å². The first-order valence-corrected chi connectivity index (χ1v) is 8.35. The van der Waals surface area contributed by atoms with Gasteiger partial charge in [0, 0.05) is 6.54 Å². The van der Waals surface area contributed by atoms with Crippen LogP contribution < -0.4 is 78.4 Å². The van der Waals surface area contributed by atoms with E-state index in [1.54, 1.807) is 0 Å². The summed E-state index contributed by atoms with van der Waals surface area (Å²) in [4.78, 5) is 19.9. The third kappa shape index (κ3) is 11.4. The van der Waals surface area contributed by atoms with E-state index < -0.39 is 43.1 Å². The van der Waals surface area contributed by atoms with Crippen LogP contribution in [0.3, 0.4) is 0 Å². The van der Waals surface area contributed by atoms with Crippen molar-refractivity contribution in [3.05, 3.63) is 24.3 Å². The molecule has 0 spiro atoms. The summed E-state index contributed by atoms with van der Waals surface area (Å²) >= 11 is 0. The van der Waals surface area contributed by atoms with Crippen LogP contribution in [0.25, 0.3) is 0 Å². The summed E-state index contributed by atoms with van der Waals surface area (Å²) < 4.78 is 78.6. The number of hydrogen-bond donors (Lipinski definition) is 1. The van der Waals surface area contributed by atoms with Gasteiger partial charge in [-0.25, -0.2) is 13.1 Å². The van der Waals surface area contributed by atoms with Crippen LogP contribution in [-0.4, -0.2) is 27.9 Å². The van der Waals surface area contributed by atoms with E-state index in [2.05, 4.69) is 9.26 Å². The van der Waals surface area contributed by atoms with Gasteiger partial charge >= 0.3 is 65.5 Å². The largest absolute Gasteiger partial charge is 1.00 e. The average Bonchev–Trinajstić information content (AvgIpc) is 2.32. The molecule has 0 fully saturated rings. The topological polar surface area (TPSA) is 128 Å². The molecule has 0 bridgehead atoms. The Kier molecular flexibility index (Phi) is 12.2. The Labute approximate surface area is 180 Å².